The molecule has 2 aromatic carbocycles. The van der Waals surface area contributed by atoms with Crippen molar-refractivity contribution in [2.45, 2.75) is 25.2 Å². The number of halogens is 1. The van der Waals surface area contributed by atoms with E-state index in [2.05, 4.69) is 30.6 Å². The number of imidazole rings is 1. The third-order valence-electron chi connectivity index (χ3n) is 5.72. The summed E-state index contributed by atoms with van der Waals surface area (Å²) in [6.07, 6.45) is 7.43. The zero-order chi connectivity index (χ0) is 25.0. The summed E-state index contributed by atoms with van der Waals surface area (Å²) in [6, 6.07) is 21.3. The number of carbonyl (C=O) groups excluding carboxylic acids is 1. The van der Waals surface area contributed by atoms with Crippen LogP contribution in [0.2, 0.25) is 0 Å². The fourth-order valence-corrected chi connectivity index (χ4v) is 3.92. The molecule has 3 N–H and O–H groups in total. The lowest BCUT2D eigenvalue weighted by molar-refractivity contribution is 0.0975. The number of aromatic amines is 1. The molecule has 4 rings (SSSR count). The first-order valence-corrected chi connectivity index (χ1v) is 12.0. The van der Waals surface area contributed by atoms with Gasteiger partial charge < -0.3 is 10.3 Å². The first-order valence-electron chi connectivity index (χ1n) is 12.0. The SMILES string of the molecule is O=C(NC(=NCCCc1cnc[nH]1)NCCC(c1cccc(F)c1)c1ccccn1)c1ccccc1. The highest BCUT2D eigenvalue weighted by atomic mass is 19.1. The fourth-order valence-electron chi connectivity index (χ4n) is 3.92. The summed E-state index contributed by atoms with van der Waals surface area (Å²) in [6.45, 7) is 1.04. The van der Waals surface area contributed by atoms with Crippen LogP contribution in [-0.4, -0.2) is 39.9 Å². The van der Waals surface area contributed by atoms with Crippen LogP contribution in [0.3, 0.4) is 0 Å². The second kappa shape index (κ2) is 12.9. The van der Waals surface area contributed by atoms with Gasteiger partial charge in [0.2, 0.25) is 0 Å². The molecule has 4 aromatic rings. The number of guanidine groups is 1. The largest absolute Gasteiger partial charge is 0.356 e. The van der Waals surface area contributed by atoms with Crippen molar-refractivity contribution in [2.75, 3.05) is 13.1 Å². The molecule has 0 spiro atoms. The molecule has 0 saturated carbocycles. The Labute approximate surface area is 209 Å². The number of pyridine rings is 1. The Morgan fingerprint density at radius 3 is 2.67 bits per heavy atom. The van der Waals surface area contributed by atoms with E-state index < -0.39 is 0 Å². The van der Waals surface area contributed by atoms with E-state index in [4.69, 9.17) is 0 Å². The summed E-state index contributed by atoms with van der Waals surface area (Å²) in [5.74, 6) is -0.216. The Balaban J connectivity index is 1.43. The van der Waals surface area contributed by atoms with Gasteiger partial charge in [-0.2, -0.15) is 0 Å². The van der Waals surface area contributed by atoms with Crippen LogP contribution in [0.4, 0.5) is 4.39 Å². The first-order chi connectivity index (χ1) is 17.7. The highest BCUT2D eigenvalue weighted by Gasteiger charge is 2.17. The Hall–Kier alpha value is -4.33. The number of amides is 1. The van der Waals surface area contributed by atoms with E-state index in [1.807, 2.05) is 42.5 Å². The molecule has 2 heterocycles. The molecule has 0 radical (unpaired) electrons. The van der Waals surface area contributed by atoms with Crippen molar-refractivity contribution < 1.29 is 9.18 Å². The van der Waals surface area contributed by atoms with Crippen LogP contribution in [0.25, 0.3) is 0 Å². The van der Waals surface area contributed by atoms with E-state index in [0.29, 0.717) is 31.0 Å². The summed E-state index contributed by atoms with van der Waals surface area (Å²) in [7, 11) is 0. The maximum atomic E-state index is 14.0. The Kier molecular flexibility index (Phi) is 8.91. The van der Waals surface area contributed by atoms with Gasteiger partial charge in [-0.15, -0.1) is 0 Å². The summed E-state index contributed by atoms with van der Waals surface area (Å²) in [5, 5.41) is 6.17. The molecule has 1 atom stereocenters. The lowest BCUT2D eigenvalue weighted by atomic mass is 9.92. The predicted octanol–water partition coefficient (Wildman–Crippen LogP) is 4.47. The number of hydrogen-bond acceptors (Lipinski definition) is 4. The summed E-state index contributed by atoms with van der Waals surface area (Å²) >= 11 is 0. The molecule has 0 aliphatic carbocycles. The molecule has 36 heavy (non-hydrogen) atoms. The minimum atomic E-state index is -0.281. The van der Waals surface area contributed by atoms with Gasteiger partial charge in [0.25, 0.3) is 5.91 Å². The van der Waals surface area contributed by atoms with Gasteiger partial charge in [-0.1, -0.05) is 36.4 Å². The van der Waals surface area contributed by atoms with Crippen molar-refractivity contribution in [1.29, 1.82) is 0 Å². The monoisotopic (exact) mass is 484 g/mol. The lowest BCUT2D eigenvalue weighted by Gasteiger charge is -2.19. The van der Waals surface area contributed by atoms with E-state index in [1.54, 1.807) is 43.0 Å². The Morgan fingerprint density at radius 1 is 1.06 bits per heavy atom. The maximum absolute atomic E-state index is 14.0. The highest BCUT2D eigenvalue weighted by Crippen LogP contribution is 2.26. The standard InChI is InChI=1S/C28H29FN6O/c29-23-11-6-10-22(18-23)25(26-13-4-5-15-31-26)14-17-33-28(32-16-7-12-24-19-30-20-34-24)35-27(36)21-8-2-1-3-9-21/h1-6,8-11,13,15,18-20,25H,7,12,14,16-17H2,(H,30,34)(H2,32,33,35,36). The van der Waals surface area contributed by atoms with Crippen molar-refractivity contribution in [2.24, 2.45) is 4.99 Å². The topological polar surface area (TPSA) is 95.1 Å². The van der Waals surface area contributed by atoms with Crippen molar-refractivity contribution in [3.8, 4) is 0 Å². The molecule has 1 amide bonds. The molecular weight excluding hydrogens is 455 g/mol. The lowest BCUT2D eigenvalue weighted by Crippen LogP contribution is -2.42. The van der Waals surface area contributed by atoms with Crippen molar-refractivity contribution in [1.82, 2.24) is 25.6 Å². The summed E-state index contributed by atoms with van der Waals surface area (Å²) < 4.78 is 14.0. The molecule has 0 saturated heterocycles. The number of aliphatic imine (C=N–C) groups is 1. The number of carbonyl (C=O) groups is 1. The molecule has 0 bridgehead atoms. The molecule has 7 nitrogen and oxygen atoms in total. The average molecular weight is 485 g/mol. The van der Waals surface area contributed by atoms with E-state index in [9.17, 15) is 9.18 Å². The number of benzene rings is 2. The van der Waals surface area contributed by atoms with E-state index >= 15 is 0 Å². The van der Waals surface area contributed by atoms with Crippen LogP contribution in [0.15, 0.2) is 96.5 Å². The number of hydrogen-bond donors (Lipinski definition) is 3. The molecule has 0 fully saturated rings. The molecule has 1 unspecified atom stereocenters. The van der Waals surface area contributed by atoms with Crippen molar-refractivity contribution in [3.05, 3.63) is 120 Å². The van der Waals surface area contributed by atoms with Gasteiger partial charge in [0.15, 0.2) is 5.96 Å². The van der Waals surface area contributed by atoms with Gasteiger partial charge in [0.05, 0.1) is 6.33 Å². The molecule has 0 aliphatic rings. The third-order valence-corrected chi connectivity index (χ3v) is 5.72. The van der Waals surface area contributed by atoms with Gasteiger partial charge in [-0.05, 0) is 61.2 Å². The van der Waals surface area contributed by atoms with Crippen LogP contribution in [0, 0.1) is 5.82 Å². The first kappa shape index (κ1) is 24.8. The molecular formula is C28H29FN6O. The smallest absolute Gasteiger partial charge is 0.257 e. The zero-order valence-corrected chi connectivity index (χ0v) is 19.9. The maximum Gasteiger partial charge on any atom is 0.257 e. The quantitative estimate of drug-likeness (QED) is 0.176. The number of aromatic nitrogens is 3. The Morgan fingerprint density at radius 2 is 1.92 bits per heavy atom. The average Bonchev–Trinajstić information content (AvgIpc) is 3.43. The highest BCUT2D eigenvalue weighted by molar-refractivity contribution is 6.05. The number of H-pyrrole nitrogens is 1. The van der Waals surface area contributed by atoms with E-state index in [1.165, 1.54) is 6.07 Å². The van der Waals surface area contributed by atoms with Gasteiger partial charge in [0, 0.05) is 48.4 Å². The second-order valence-corrected chi connectivity index (χ2v) is 8.31. The summed E-state index contributed by atoms with van der Waals surface area (Å²) in [4.78, 5) is 29.0. The van der Waals surface area contributed by atoms with Gasteiger partial charge in [0.1, 0.15) is 5.82 Å². The number of aryl methyl sites for hydroxylation is 1. The fraction of sp³-hybridized carbons (Fsp3) is 0.214. The molecule has 8 heteroatoms. The van der Waals surface area contributed by atoms with Gasteiger partial charge in [-0.3, -0.25) is 20.1 Å². The van der Waals surface area contributed by atoms with Crippen LogP contribution >= 0.6 is 0 Å². The third kappa shape index (κ3) is 7.33. The number of nitrogens with zero attached hydrogens (tertiary/aromatic N) is 3. The molecule has 2 aromatic heterocycles. The normalized spacial score (nSPS) is 12.2. The van der Waals surface area contributed by atoms with Crippen LogP contribution in [-0.2, 0) is 6.42 Å². The van der Waals surface area contributed by atoms with Crippen LogP contribution in [0.1, 0.15) is 46.1 Å². The van der Waals surface area contributed by atoms with E-state index in [0.717, 1.165) is 29.8 Å². The minimum Gasteiger partial charge on any atom is -0.356 e. The van der Waals surface area contributed by atoms with E-state index in [-0.39, 0.29) is 17.6 Å². The molecule has 184 valence electrons. The zero-order valence-electron chi connectivity index (χ0n) is 19.9. The minimum absolute atomic E-state index is 0.110. The van der Waals surface area contributed by atoms with Gasteiger partial charge in [-0.25, -0.2) is 9.37 Å². The van der Waals surface area contributed by atoms with Crippen molar-refractivity contribution >= 4 is 11.9 Å². The second-order valence-electron chi connectivity index (χ2n) is 8.31. The van der Waals surface area contributed by atoms with Crippen LogP contribution in [0.5, 0.6) is 0 Å². The van der Waals surface area contributed by atoms with Crippen molar-refractivity contribution in [3.63, 3.8) is 0 Å². The number of nitrogens with one attached hydrogen (secondary N) is 3. The molecule has 0 aliphatic heterocycles. The Bertz CT molecular complexity index is 1250. The number of rotatable bonds is 10. The van der Waals surface area contributed by atoms with Gasteiger partial charge >= 0.3 is 0 Å². The van der Waals surface area contributed by atoms with Crippen LogP contribution < -0.4 is 10.6 Å². The predicted molar refractivity (Wildman–Crippen MR) is 138 cm³/mol. The summed E-state index contributed by atoms with van der Waals surface area (Å²) in [5.41, 5.74) is 3.30.